The molecular weight excluding hydrogens is 226 g/mol. The summed E-state index contributed by atoms with van der Waals surface area (Å²) in [5, 5.41) is 0. The van der Waals surface area contributed by atoms with Gasteiger partial charge in [0.05, 0.1) is 0 Å². The Morgan fingerprint density at radius 3 is 2.56 bits per heavy atom. The van der Waals surface area contributed by atoms with Crippen LogP contribution in [0.1, 0.15) is 38.1 Å². The third-order valence-corrected chi connectivity index (χ3v) is 3.70. The van der Waals surface area contributed by atoms with Crippen LogP contribution in [-0.2, 0) is 6.42 Å². The Labute approximate surface area is 109 Å². The normalized spacial score (nSPS) is 17.0. The van der Waals surface area contributed by atoms with Crippen LogP contribution in [0, 0.1) is 12.8 Å². The molecule has 0 spiro atoms. The van der Waals surface area contributed by atoms with Crippen LogP contribution in [0.3, 0.4) is 0 Å². The molecule has 18 heavy (non-hydrogen) atoms. The van der Waals surface area contributed by atoms with E-state index < -0.39 is 0 Å². The SMILES string of the molecule is CCc1nc(NN)c(C)c(N2CCC(C)CC2)n1. The molecule has 0 bridgehead atoms. The van der Waals surface area contributed by atoms with Gasteiger partial charge in [-0.1, -0.05) is 13.8 Å². The number of hydrogen-bond acceptors (Lipinski definition) is 5. The predicted octanol–water partition coefficient (Wildman–Crippen LogP) is 1.87. The molecule has 0 atom stereocenters. The van der Waals surface area contributed by atoms with E-state index in [9.17, 15) is 0 Å². The van der Waals surface area contributed by atoms with Crippen molar-refractivity contribution in [3.8, 4) is 0 Å². The first-order chi connectivity index (χ1) is 8.65. The van der Waals surface area contributed by atoms with Gasteiger partial charge in [-0.3, -0.25) is 0 Å². The van der Waals surface area contributed by atoms with E-state index in [1.807, 2.05) is 6.92 Å². The second-order valence-electron chi connectivity index (χ2n) is 5.10. The molecule has 1 aromatic heterocycles. The maximum Gasteiger partial charge on any atom is 0.148 e. The summed E-state index contributed by atoms with van der Waals surface area (Å²) in [6, 6.07) is 0. The molecule has 3 N–H and O–H groups in total. The zero-order valence-corrected chi connectivity index (χ0v) is 11.5. The van der Waals surface area contributed by atoms with Gasteiger partial charge in [0, 0.05) is 25.1 Å². The van der Waals surface area contributed by atoms with Crippen molar-refractivity contribution in [1.29, 1.82) is 0 Å². The van der Waals surface area contributed by atoms with E-state index in [-0.39, 0.29) is 0 Å². The first-order valence-electron chi connectivity index (χ1n) is 6.74. The van der Waals surface area contributed by atoms with E-state index in [1.54, 1.807) is 0 Å². The zero-order chi connectivity index (χ0) is 13.1. The third-order valence-electron chi connectivity index (χ3n) is 3.70. The summed E-state index contributed by atoms with van der Waals surface area (Å²) >= 11 is 0. The summed E-state index contributed by atoms with van der Waals surface area (Å²) in [5.74, 6) is 8.99. The number of rotatable bonds is 3. The van der Waals surface area contributed by atoms with Crippen molar-refractivity contribution in [3.63, 3.8) is 0 Å². The van der Waals surface area contributed by atoms with Crippen LogP contribution in [-0.4, -0.2) is 23.1 Å². The summed E-state index contributed by atoms with van der Waals surface area (Å²) < 4.78 is 0. The number of piperidine rings is 1. The van der Waals surface area contributed by atoms with Gasteiger partial charge >= 0.3 is 0 Å². The first-order valence-corrected chi connectivity index (χ1v) is 6.74. The van der Waals surface area contributed by atoms with E-state index in [0.29, 0.717) is 0 Å². The Morgan fingerprint density at radius 2 is 2.00 bits per heavy atom. The Bertz CT molecular complexity index is 410. The minimum absolute atomic E-state index is 0.746. The number of nitrogen functional groups attached to an aromatic ring is 1. The van der Waals surface area contributed by atoms with E-state index >= 15 is 0 Å². The fourth-order valence-corrected chi connectivity index (χ4v) is 2.38. The quantitative estimate of drug-likeness (QED) is 0.632. The minimum Gasteiger partial charge on any atom is -0.356 e. The maximum atomic E-state index is 5.54. The number of nitrogens with zero attached hydrogens (tertiary/aromatic N) is 3. The number of hydrogen-bond donors (Lipinski definition) is 2. The van der Waals surface area contributed by atoms with E-state index in [4.69, 9.17) is 5.84 Å². The second kappa shape index (κ2) is 5.52. The van der Waals surface area contributed by atoms with Crippen LogP contribution in [0.15, 0.2) is 0 Å². The molecule has 1 saturated heterocycles. The number of anilines is 2. The van der Waals surface area contributed by atoms with Crippen molar-refractivity contribution in [2.45, 2.75) is 40.0 Å². The third kappa shape index (κ3) is 2.56. The van der Waals surface area contributed by atoms with Crippen molar-refractivity contribution in [2.75, 3.05) is 23.4 Å². The average Bonchev–Trinajstić information content (AvgIpc) is 2.40. The van der Waals surface area contributed by atoms with Gasteiger partial charge in [0.1, 0.15) is 17.5 Å². The van der Waals surface area contributed by atoms with Gasteiger partial charge in [-0.25, -0.2) is 15.8 Å². The monoisotopic (exact) mass is 249 g/mol. The summed E-state index contributed by atoms with van der Waals surface area (Å²) in [7, 11) is 0. The molecule has 1 aromatic rings. The molecule has 2 heterocycles. The van der Waals surface area contributed by atoms with E-state index in [2.05, 4.69) is 34.1 Å². The van der Waals surface area contributed by atoms with Gasteiger partial charge in [0.2, 0.25) is 0 Å². The Hall–Kier alpha value is -1.36. The highest BCUT2D eigenvalue weighted by Gasteiger charge is 2.20. The van der Waals surface area contributed by atoms with E-state index in [0.717, 1.165) is 48.5 Å². The molecule has 1 aliphatic rings. The highest BCUT2D eigenvalue weighted by Crippen LogP contribution is 2.27. The lowest BCUT2D eigenvalue weighted by Gasteiger charge is -2.32. The average molecular weight is 249 g/mol. The lowest BCUT2D eigenvalue weighted by atomic mass is 9.99. The number of aryl methyl sites for hydroxylation is 1. The van der Waals surface area contributed by atoms with Crippen LogP contribution in [0.5, 0.6) is 0 Å². The zero-order valence-electron chi connectivity index (χ0n) is 11.5. The standard InChI is InChI=1S/C13H23N5/c1-4-11-15-12(17-14)10(3)13(16-11)18-7-5-9(2)6-8-18/h9H,4-8,14H2,1-3H3,(H,15,16,17). The van der Waals surface area contributed by atoms with Gasteiger partial charge in [-0.2, -0.15) is 0 Å². The second-order valence-corrected chi connectivity index (χ2v) is 5.10. The molecule has 0 unspecified atom stereocenters. The van der Waals surface area contributed by atoms with Gasteiger partial charge < -0.3 is 10.3 Å². The molecule has 0 saturated carbocycles. The van der Waals surface area contributed by atoms with Crippen molar-refractivity contribution in [1.82, 2.24) is 9.97 Å². The van der Waals surface area contributed by atoms with Crippen LogP contribution in [0.2, 0.25) is 0 Å². The van der Waals surface area contributed by atoms with E-state index in [1.165, 1.54) is 12.8 Å². The number of nitrogens with one attached hydrogen (secondary N) is 1. The van der Waals surface area contributed by atoms with Crippen molar-refractivity contribution in [2.24, 2.45) is 11.8 Å². The van der Waals surface area contributed by atoms with Crippen molar-refractivity contribution >= 4 is 11.6 Å². The van der Waals surface area contributed by atoms with Gasteiger partial charge in [-0.05, 0) is 25.7 Å². The molecule has 1 fully saturated rings. The summed E-state index contributed by atoms with van der Waals surface area (Å²) in [4.78, 5) is 11.4. The van der Waals surface area contributed by atoms with Crippen LogP contribution in [0.4, 0.5) is 11.6 Å². The summed E-state index contributed by atoms with van der Waals surface area (Å²) in [6.07, 6.45) is 3.29. The predicted molar refractivity (Wildman–Crippen MR) is 74.6 cm³/mol. The van der Waals surface area contributed by atoms with Crippen LogP contribution < -0.4 is 16.2 Å². The molecule has 0 amide bonds. The van der Waals surface area contributed by atoms with Crippen LogP contribution >= 0.6 is 0 Å². The van der Waals surface area contributed by atoms with Crippen molar-refractivity contribution in [3.05, 3.63) is 11.4 Å². The molecule has 0 radical (unpaired) electrons. The molecule has 0 aromatic carbocycles. The Morgan fingerprint density at radius 1 is 1.33 bits per heavy atom. The first kappa shape index (κ1) is 13.1. The molecule has 2 rings (SSSR count). The molecular formula is C13H23N5. The molecule has 1 aliphatic heterocycles. The molecule has 100 valence electrons. The van der Waals surface area contributed by atoms with Gasteiger partial charge in [0.15, 0.2) is 0 Å². The molecule has 5 nitrogen and oxygen atoms in total. The fourth-order valence-electron chi connectivity index (χ4n) is 2.38. The van der Waals surface area contributed by atoms with Gasteiger partial charge in [-0.15, -0.1) is 0 Å². The Kier molecular flexibility index (Phi) is 4.01. The highest BCUT2D eigenvalue weighted by atomic mass is 15.3. The number of hydrazine groups is 1. The number of aromatic nitrogens is 2. The smallest absolute Gasteiger partial charge is 0.148 e. The Balaban J connectivity index is 2.31. The summed E-state index contributed by atoms with van der Waals surface area (Å²) in [6.45, 7) is 8.56. The molecule has 0 aliphatic carbocycles. The largest absolute Gasteiger partial charge is 0.356 e. The van der Waals surface area contributed by atoms with Gasteiger partial charge in [0.25, 0.3) is 0 Å². The molecule has 5 heteroatoms. The maximum absolute atomic E-state index is 5.54. The summed E-state index contributed by atoms with van der Waals surface area (Å²) in [5.41, 5.74) is 3.73. The number of nitrogens with two attached hydrogens (primary N) is 1. The lowest BCUT2D eigenvalue weighted by Crippen LogP contribution is -2.34. The minimum atomic E-state index is 0.746. The lowest BCUT2D eigenvalue weighted by molar-refractivity contribution is 0.436. The fraction of sp³-hybridized carbons (Fsp3) is 0.692. The topological polar surface area (TPSA) is 67.1 Å². The van der Waals surface area contributed by atoms with Crippen molar-refractivity contribution < 1.29 is 0 Å². The van der Waals surface area contributed by atoms with Crippen LogP contribution in [0.25, 0.3) is 0 Å². The highest BCUT2D eigenvalue weighted by molar-refractivity contribution is 5.58.